The van der Waals surface area contributed by atoms with Crippen LogP contribution < -0.4 is 0 Å². The second-order valence-electron chi connectivity index (χ2n) is 7.80. The van der Waals surface area contributed by atoms with Crippen molar-refractivity contribution in [2.24, 2.45) is 7.05 Å². The van der Waals surface area contributed by atoms with E-state index < -0.39 is 9.84 Å². The molecule has 0 spiro atoms. The van der Waals surface area contributed by atoms with Crippen molar-refractivity contribution < 1.29 is 8.42 Å². The van der Waals surface area contributed by atoms with E-state index in [0.717, 1.165) is 22.3 Å². The fourth-order valence-corrected chi connectivity index (χ4v) is 4.63. The van der Waals surface area contributed by atoms with Gasteiger partial charge in [0.2, 0.25) is 0 Å². The number of aryl methyl sites for hydroxylation is 4. The summed E-state index contributed by atoms with van der Waals surface area (Å²) in [4.78, 5) is 0. The number of hydrogen-bond donors (Lipinski definition) is 0. The summed E-state index contributed by atoms with van der Waals surface area (Å²) in [7, 11) is -1.46. The molecule has 1 aromatic heterocycles. The summed E-state index contributed by atoms with van der Waals surface area (Å²) in [5, 5.41) is 4.27. The molecule has 1 heterocycles. The van der Waals surface area contributed by atoms with Gasteiger partial charge in [-0.2, -0.15) is 5.10 Å². The van der Waals surface area contributed by atoms with E-state index in [1.165, 1.54) is 5.56 Å². The van der Waals surface area contributed by atoms with Crippen LogP contribution >= 0.6 is 0 Å². The molecule has 4 nitrogen and oxygen atoms in total. The topological polar surface area (TPSA) is 52.0 Å². The molecule has 0 aliphatic carbocycles. The van der Waals surface area contributed by atoms with Crippen LogP contribution in [-0.2, 0) is 33.8 Å². The molecular formula is C19H28N2O2S. The zero-order valence-electron chi connectivity index (χ0n) is 15.8. The normalized spacial score (nSPS) is 12.6. The zero-order valence-corrected chi connectivity index (χ0v) is 16.6. The fourth-order valence-electron chi connectivity index (χ4n) is 2.93. The molecule has 0 saturated heterocycles. The minimum atomic E-state index is -3.27. The Kier molecular flexibility index (Phi) is 4.96. The first-order valence-electron chi connectivity index (χ1n) is 8.19. The first kappa shape index (κ1) is 18.7. The predicted octanol–water partition coefficient (Wildman–Crippen LogP) is 3.76. The largest absolute Gasteiger partial charge is 0.275 e. The molecule has 0 amide bonds. The molecule has 0 bridgehead atoms. The average molecular weight is 349 g/mol. The maximum Gasteiger partial charge on any atom is 0.160 e. The summed E-state index contributed by atoms with van der Waals surface area (Å²) in [5.41, 5.74) is 5.84. The summed E-state index contributed by atoms with van der Waals surface area (Å²) in [6.07, 6.45) is 1.85. The van der Waals surface area contributed by atoms with E-state index in [1.807, 2.05) is 34.0 Å². The van der Waals surface area contributed by atoms with Crippen LogP contribution in [0.25, 0.3) is 0 Å². The Balaban J connectivity index is 2.31. The number of benzene rings is 1. The molecule has 132 valence electrons. The van der Waals surface area contributed by atoms with Gasteiger partial charge in [0.05, 0.1) is 17.2 Å². The second-order valence-corrected chi connectivity index (χ2v) is 9.87. The quantitative estimate of drug-likeness (QED) is 0.845. The molecule has 0 unspecified atom stereocenters. The maximum absolute atomic E-state index is 12.7. The Hall–Kier alpha value is -1.62. The van der Waals surface area contributed by atoms with E-state index in [-0.39, 0.29) is 16.9 Å². The predicted molar refractivity (Wildman–Crippen MR) is 98.9 cm³/mol. The van der Waals surface area contributed by atoms with Gasteiger partial charge >= 0.3 is 0 Å². The van der Waals surface area contributed by atoms with Crippen molar-refractivity contribution in [2.75, 3.05) is 0 Å². The van der Waals surface area contributed by atoms with E-state index in [4.69, 9.17) is 0 Å². The number of sulfone groups is 1. The summed E-state index contributed by atoms with van der Waals surface area (Å²) >= 11 is 0. The highest BCUT2D eigenvalue weighted by molar-refractivity contribution is 7.89. The summed E-state index contributed by atoms with van der Waals surface area (Å²) < 4.78 is 27.0. The molecule has 2 rings (SSSR count). The van der Waals surface area contributed by atoms with Gasteiger partial charge in [-0.25, -0.2) is 8.42 Å². The minimum Gasteiger partial charge on any atom is -0.275 e. The van der Waals surface area contributed by atoms with Gasteiger partial charge in [-0.15, -0.1) is 0 Å². The molecule has 0 radical (unpaired) electrons. The Morgan fingerprint density at radius 3 is 1.96 bits per heavy atom. The lowest BCUT2D eigenvalue weighted by molar-refractivity contribution is 0.588. The van der Waals surface area contributed by atoms with Gasteiger partial charge in [-0.05, 0) is 54.0 Å². The number of hydrogen-bond acceptors (Lipinski definition) is 3. The van der Waals surface area contributed by atoms with Crippen molar-refractivity contribution in [3.63, 3.8) is 0 Å². The lowest BCUT2D eigenvalue weighted by Gasteiger charge is -2.22. The number of rotatable bonds is 4. The van der Waals surface area contributed by atoms with Crippen molar-refractivity contribution >= 4 is 9.84 Å². The lowest BCUT2D eigenvalue weighted by atomic mass is 9.84. The summed E-state index contributed by atoms with van der Waals surface area (Å²) in [5.74, 6) is 0.0463. The van der Waals surface area contributed by atoms with Crippen LogP contribution in [0.3, 0.4) is 0 Å². The molecule has 24 heavy (non-hydrogen) atoms. The zero-order chi connectivity index (χ0) is 18.3. The van der Waals surface area contributed by atoms with Crippen LogP contribution in [0, 0.1) is 20.8 Å². The molecule has 0 aliphatic heterocycles. The monoisotopic (exact) mass is 348 g/mol. The van der Waals surface area contributed by atoms with Crippen molar-refractivity contribution in [2.45, 2.75) is 58.5 Å². The SMILES string of the molecule is Cc1cn(C)nc1CS(=O)(=O)Cc1c(C)cc(C(C)(C)C)cc1C. The van der Waals surface area contributed by atoms with Crippen molar-refractivity contribution in [1.82, 2.24) is 9.78 Å². The maximum atomic E-state index is 12.7. The Labute approximate surface area is 145 Å². The number of nitrogens with zero attached hydrogens (tertiary/aromatic N) is 2. The molecule has 0 atom stereocenters. The third-order valence-corrected chi connectivity index (χ3v) is 5.84. The third-order valence-electron chi connectivity index (χ3n) is 4.40. The molecule has 0 N–H and O–H groups in total. The van der Waals surface area contributed by atoms with Crippen LogP contribution in [0.4, 0.5) is 0 Å². The van der Waals surface area contributed by atoms with Crippen molar-refractivity contribution in [3.05, 3.63) is 51.8 Å². The molecule has 0 fully saturated rings. The van der Waals surface area contributed by atoms with E-state index >= 15 is 0 Å². The molecule has 2 aromatic rings. The van der Waals surface area contributed by atoms with E-state index in [1.54, 1.807) is 4.68 Å². The van der Waals surface area contributed by atoms with Gasteiger partial charge in [-0.3, -0.25) is 4.68 Å². The van der Waals surface area contributed by atoms with Crippen LogP contribution in [-0.4, -0.2) is 18.2 Å². The second kappa shape index (κ2) is 6.36. The molecule has 0 aliphatic rings. The molecule has 0 saturated carbocycles. The van der Waals surface area contributed by atoms with Gasteiger partial charge in [0.15, 0.2) is 9.84 Å². The van der Waals surface area contributed by atoms with Gasteiger partial charge in [-0.1, -0.05) is 32.9 Å². The number of aromatic nitrogens is 2. The standard InChI is InChI=1S/C19H28N2O2S/c1-13-8-16(19(4,5)6)9-14(2)17(13)11-24(22,23)12-18-15(3)10-21(7)20-18/h8-10H,11-12H2,1-7H3. The van der Waals surface area contributed by atoms with Gasteiger partial charge in [0.25, 0.3) is 0 Å². The molecule has 1 aromatic carbocycles. The van der Waals surface area contributed by atoms with Crippen LogP contribution in [0.15, 0.2) is 18.3 Å². The van der Waals surface area contributed by atoms with Crippen molar-refractivity contribution in [3.8, 4) is 0 Å². The van der Waals surface area contributed by atoms with Gasteiger partial charge in [0.1, 0.15) is 0 Å². The van der Waals surface area contributed by atoms with Crippen LogP contribution in [0.1, 0.15) is 54.3 Å². The lowest BCUT2D eigenvalue weighted by Crippen LogP contribution is -2.15. The van der Waals surface area contributed by atoms with Crippen LogP contribution in [0.5, 0.6) is 0 Å². The first-order valence-corrected chi connectivity index (χ1v) is 10.0. The Bertz CT molecular complexity index is 833. The fraction of sp³-hybridized carbons (Fsp3) is 0.526. The Morgan fingerprint density at radius 1 is 1.00 bits per heavy atom. The highest BCUT2D eigenvalue weighted by Crippen LogP contribution is 2.28. The third kappa shape index (κ3) is 4.26. The minimum absolute atomic E-state index is 0.0143. The molecule has 5 heteroatoms. The Morgan fingerprint density at radius 2 is 1.54 bits per heavy atom. The van der Waals surface area contributed by atoms with Gasteiger partial charge in [0, 0.05) is 13.2 Å². The first-order chi connectivity index (χ1) is 10.9. The summed E-state index contributed by atoms with van der Waals surface area (Å²) in [6.45, 7) is 12.4. The van der Waals surface area contributed by atoms with Crippen LogP contribution in [0.2, 0.25) is 0 Å². The van der Waals surface area contributed by atoms with E-state index in [0.29, 0.717) is 5.69 Å². The molecular weight excluding hydrogens is 320 g/mol. The smallest absolute Gasteiger partial charge is 0.160 e. The summed E-state index contributed by atoms with van der Waals surface area (Å²) in [6, 6.07) is 4.23. The van der Waals surface area contributed by atoms with E-state index in [2.05, 4.69) is 38.0 Å². The van der Waals surface area contributed by atoms with Crippen molar-refractivity contribution in [1.29, 1.82) is 0 Å². The average Bonchev–Trinajstić information content (AvgIpc) is 2.70. The highest BCUT2D eigenvalue weighted by atomic mass is 32.2. The van der Waals surface area contributed by atoms with E-state index in [9.17, 15) is 8.42 Å². The van der Waals surface area contributed by atoms with Gasteiger partial charge < -0.3 is 0 Å². The highest BCUT2D eigenvalue weighted by Gasteiger charge is 2.21.